The third kappa shape index (κ3) is 4.46. The van der Waals surface area contributed by atoms with Crippen LogP contribution >= 0.6 is 0 Å². The number of hydrogen-bond acceptors (Lipinski definition) is 6. The van der Waals surface area contributed by atoms with E-state index in [1.807, 2.05) is 6.07 Å². The Morgan fingerprint density at radius 2 is 1.90 bits per heavy atom. The van der Waals surface area contributed by atoms with Gasteiger partial charge < -0.3 is 15.2 Å². The molecule has 3 rings (SSSR count). The van der Waals surface area contributed by atoms with Crippen molar-refractivity contribution >= 4 is 28.8 Å². The molecule has 0 saturated carbocycles. The molecule has 1 amide bonds. The summed E-state index contributed by atoms with van der Waals surface area (Å²) >= 11 is 0. The molecule has 9 nitrogen and oxygen atoms in total. The number of aryl methyl sites for hydroxylation is 1. The standard InChI is InChI=1S/C20H19N5O4/c1-13(20(27)23-15-6-4-3-5-7-15)22-16-9-8-14(12-17(16)25(28)29)18(26)19-21-10-11-24(19)2/h3-13,22H,1-2H3,(H,23,27). The quantitative estimate of drug-likeness (QED) is 0.362. The zero-order valence-corrected chi connectivity index (χ0v) is 15.8. The van der Waals surface area contributed by atoms with Crippen molar-refractivity contribution in [1.82, 2.24) is 9.55 Å². The molecule has 0 aliphatic rings. The summed E-state index contributed by atoms with van der Waals surface area (Å²) in [6, 6.07) is 12.2. The van der Waals surface area contributed by atoms with Crippen molar-refractivity contribution < 1.29 is 14.5 Å². The first-order valence-electron chi connectivity index (χ1n) is 8.79. The summed E-state index contributed by atoms with van der Waals surface area (Å²) in [5.41, 5.74) is 0.598. The number of imidazole rings is 1. The summed E-state index contributed by atoms with van der Waals surface area (Å²) in [6.07, 6.45) is 3.09. The zero-order chi connectivity index (χ0) is 21.0. The van der Waals surface area contributed by atoms with Crippen molar-refractivity contribution in [2.45, 2.75) is 13.0 Å². The van der Waals surface area contributed by atoms with E-state index in [9.17, 15) is 19.7 Å². The van der Waals surface area contributed by atoms with Crippen molar-refractivity contribution in [2.75, 3.05) is 10.6 Å². The lowest BCUT2D eigenvalue weighted by molar-refractivity contribution is -0.384. The average Bonchev–Trinajstić information content (AvgIpc) is 3.14. The Labute approximate surface area is 166 Å². The van der Waals surface area contributed by atoms with Crippen LogP contribution in [-0.4, -0.2) is 32.2 Å². The molecule has 1 atom stereocenters. The van der Waals surface area contributed by atoms with Crippen molar-refractivity contribution in [3.05, 3.63) is 82.4 Å². The molecule has 9 heteroatoms. The molecule has 0 aliphatic heterocycles. The average molecular weight is 393 g/mol. The minimum atomic E-state index is -0.745. The fourth-order valence-corrected chi connectivity index (χ4v) is 2.73. The van der Waals surface area contributed by atoms with Crippen LogP contribution in [0.2, 0.25) is 0 Å². The second-order valence-corrected chi connectivity index (χ2v) is 6.40. The van der Waals surface area contributed by atoms with Crippen LogP contribution in [0, 0.1) is 10.1 Å². The minimum Gasteiger partial charge on any atom is -0.368 e. The lowest BCUT2D eigenvalue weighted by atomic mass is 10.1. The number of nitrogens with one attached hydrogen (secondary N) is 2. The highest BCUT2D eigenvalue weighted by Gasteiger charge is 2.23. The highest BCUT2D eigenvalue weighted by atomic mass is 16.6. The second kappa shape index (κ2) is 8.34. The van der Waals surface area contributed by atoms with E-state index >= 15 is 0 Å². The summed E-state index contributed by atoms with van der Waals surface area (Å²) < 4.78 is 1.54. The van der Waals surface area contributed by atoms with Crippen LogP contribution in [-0.2, 0) is 11.8 Å². The van der Waals surface area contributed by atoms with Gasteiger partial charge in [0.25, 0.3) is 5.69 Å². The maximum absolute atomic E-state index is 12.6. The number of aromatic nitrogens is 2. The number of rotatable bonds is 7. The third-order valence-corrected chi connectivity index (χ3v) is 4.29. The van der Waals surface area contributed by atoms with Gasteiger partial charge in [-0.15, -0.1) is 0 Å². The Balaban J connectivity index is 1.80. The van der Waals surface area contributed by atoms with Crippen LogP contribution in [0.5, 0.6) is 0 Å². The van der Waals surface area contributed by atoms with E-state index in [1.54, 1.807) is 44.4 Å². The summed E-state index contributed by atoms with van der Waals surface area (Å²) in [5, 5.41) is 17.1. The Kier molecular flexibility index (Phi) is 5.68. The number of benzene rings is 2. The van der Waals surface area contributed by atoms with E-state index in [4.69, 9.17) is 0 Å². The molecule has 2 N–H and O–H groups in total. The lowest BCUT2D eigenvalue weighted by Crippen LogP contribution is -2.32. The van der Waals surface area contributed by atoms with Gasteiger partial charge in [0.05, 0.1) is 4.92 Å². The first-order chi connectivity index (χ1) is 13.9. The van der Waals surface area contributed by atoms with Gasteiger partial charge in [0.1, 0.15) is 11.7 Å². The van der Waals surface area contributed by atoms with Crippen molar-refractivity contribution in [3.63, 3.8) is 0 Å². The van der Waals surface area contributed by atoms with E-state index < -0.39 is 16.7 Å². The molecule has 148 valence electrons. The van der Waals surface area contributed by atoms with Gasteiger partial charge in [0.15, 0.2) is 5.82 Å². The van der Waals surface area contributed by atoms with Crippen LogP contribution in [0.4, 0.5) is 17.1 Å². The van der Waals surface area contributed by atoms with Crippen molar-refractivity contribution in [3.8, 4) is 0 Å². The maximum Gasteiger partial charge on any atom is 0.293 e. The van der Waals surface area contributed by atoms with Gasteiger partial charge in [-0.1, -0.05) is 18.2 Å². The van der Waals surface area contributed by atoms with Crippen molar-refractivity contribution in [1.29, 1.82) is 0 Å². The van der Waals surface area contributed by atoms with Gasteiger partial charge in [-0.05, 0) is 31.2 Å². The predicted octanol–water partition coefficient (Wildman–Crippen LogP) is 3.00. The van der Waals surface area contributed by atoms with Gasteiger partial charge in [0, 0.05) is 36.8 Å². The minimum absolute atomic E-state index is 0.137. The topological polar surface area (TPSA) is 119 Å². The molecule has 1 heterocycles. The van der Waals surface area contributed by atoms with E-state index in [0.717, 1.165) is 0 Å². The molecule has 0 saturated heterocycles. The third-order valence-electron chi connectivity index (χ3n) is 4.29. The van der Waals surface area contributed by atoms with E-state index in [-0.39, 0.29) is 28.7 Å². The summed E-state index contributed by atoms with van der Waals surface area (Å²) in [4.78, 5) is 39.8. The van der Waals surface area contributed by atoms with E-state index in [1.165, 1.54) is 29.0 Å². The fraction of sp³-hybridized carbons (Fsp3) is 0.150. The molecule has 0 bridgehead atoms. The Bertz CT molecular complexity index is 1060. The van der Waals surface area contributed by atoms with E-state index in [0.29, 0.717) is 5.69 Å². The van der Waals surface area contributed by atoms with Gasteiger partial charge >= 0.3 is 0 Å². The second-order valence-electron chi connectivity index (χ2n) is 6.40. The normalized spacial score (nSPS) is 11.5. The van der Waals surface area contributed by atoms with Gasteiger partial charge in [0.2, 0.25) is 11.7 Å². The SMILES string of the molecule is CC(Nc1ccc(C(=O)c2nccn2C)cc1[N+](=O)[O-])C(=O)Nc1ccccc1. The van der Waals surface area contributed by atoms with Crippen LogP contribution in [0.25, 0.3) is 0 Å². The zero-order valence-electron chi connectivity index (χ0n) is 15.8. The molecular formula is C20H19N5O4. The number of nitro benzene ring substituents is 1. The molecule has 1 unspecified atom stereocenters. The smallest absolute Gasteiger partial charge is 0.293 e. The number of nitro groups is 1. The molecule has 1 aromatic heterocycles. The number of nitrogens with zero attached hydrogens (tertiary/aromatic N) is 3. The summed E-state index contributed by atoms with van der Waals surface area (Å²) in [6.45, 7) is 1.59. The number of ketones is 1. The number of amides is 1. The van der Waals surface area contributed by atoms with Crippen LogP contribution in [0.3, 0.4) is 0 Å². The molecular weight excluding hydrogens is 374 g/mol. The molecule has 29 heavy (non-hydrogen) atoms. The maximum atomic E-state index is 12.6. The van der Waals surface area contributed by atoms with Gasteiger partial charge in [-0.2, -0.15) is 0 Å². The largest absolute Gasteiger partial charge is 0.368 e. The van der Waals surface area contributed by atoms with Crippen LogP contribution < -0.4 is 10.6 Å². The predicted molar refractivity (Wildman–Crippen MR) is 108 cm³/mol. The summed E-state index contributed by atoms with van der Waals surface area (Å²) in [7, 11) is 1.66. The molecule has 2 aromatic carbocycles. The fourth-order valence-electron chi connectivity index (χ4n) is 2.73. The Morgan fingerprint density at radius 3 is 2.52 bits per heavy atom. The highest BCUT2D eigenvalue weighted by Crippen LogP contribution is 2.27. The van der Waals surface area contributed by atoms with Gasteiger partial charge in [-0.25, -0.2) is 4.98 Å². The molecule has 0 aliphatic carbocycles. The Morgan fingerprint density at radius 1 is 1.17 bits per heavy atom. The number of anilines is 2. The lowest BCUT2D eigenvalue weighted by Gasteiger charge is -2.15. The molecule has 0 radical (unpaired) electrons. The number of para-hydroxylation sites is 1. The number of carbonyl (C=O) groups excluding carboxylic acids is 2. The van der Waals surface area contributed by atoms with Crippen LogP contribution in [0.1, 0.15) is 23.1 Å². The van der Waals surface area contributed by atoms with Gasteiger partial charge in [-0.3, -0.25) is 19.7 Å². The van der Waals surface area contributed by atoms with Crippen LogP contribution in [0.15, 0.2) is 60.9 Å². The Hall–Kier alpha value is -4.01. The first kappa shape index (κ1) is 19.7. The summed E-state index contributed by atoms with van der Waals surface area (Å²) in [5.74, 6) is -0.601. The molecule has 3 aromatic rings. The number of carbonyl (C=O) groups is 2. The highest BCUT2D eigenvalue weighted by molar-refractivity contribution is 6.07. The molecule has 0 fully saturated rings. The van der Waals surface area contributed by atoms with Crippen molar-refractivity contribution in [2.24, 2.45) is 7.05 Å². The monoisotopic (exact) mass is 393 g/mol. The number of hydrogen-bond donors (Lipinski definition) is 2. The van der Waals surface area contributed by atoms with E-state index in [2.05, 4.69) is 15.6 Å². The molecule has 0 spiro atoms. The first-order valence-corrected chi connectivity index (χ1v) is 8.79.